The van der Waals surface area contributed by atoms with Crippen molar-refractivity contribution >= 4 is 23.2 Å². The van der Waals surface area contributed by atoms with E-state index < -0.39 is 0 Å². The molecule has 0 saturated carbocycles. The van der Waals surface area contributed by atoms with Crippen molar-refractivity contribution in [1.82, 2.24) is 0 Å². The van der Waals surface area contributed by atoms with Gasteiger partial charge in [0.15, 0.2) is 0 Å². The minimum Gasteiger partial charge on any atom is -0.321 e. The van der Waals surface area contributed by atoms with Crippen LogP contribution in [0.25, 0.3) is 0 Å². The van der Waals surface area contributed by atoms with Crippen LogP contribution in [0.1, 0.15) is 33.2 Å². The summed E-state index contributed by atoms with van der Waals surface area (Å²) in [6, 6.07) is 24.0. The van der Waals surface area contributed by atoms with Crippen molar-refractivity contribution in [2.75, 3.05) is 16.8 Å². The second kappa shape index (κ2) is 8.32. The molecular formula is C23H22N2O2. The fourth-order valence-corrected chi connectivity index (χ4v) is 2.96. The van der Waals surface area contributed by atoms with Crippen molar-refractivity contribution in [3.05, 3.63) is 95.6 Å². The second-order valence-electron chi connectivity index (χ2n) is 6.25. The number of carbonyl (C=O) groups is 2. The van der Waals surface area contributed by atoms with Crippen LogP contribution in [0.5, 0.6) is 0 Å². The predicted octanol–water partition coefficient (Wildman–Crippen LogP) is 4.91. The summed E-state index contributed by atoms with van der Waals surface area (Å²) in [5.41, 5.74) is 3.36. The van der Waals surface area contributed by atoms with Gasteiger partial charge in [-0.15, -0.1) is 0 Å². The lowest BCUT2D eigenvalue weighted by Crippen LogP contribution is -2.31. The number of hydrogen-bond acceptors (Lipinski definition) is 2. The van der Waals surface area contributed by atoms with E-state index >= 15 is 0 Å². The maximum Gasteiger partial charge on any atom is 0.260 e. The van der Waals surface area contributed by atoms with E-state index in [1.54, 1.807) is 35.2 Å². The molecule has 0 aromatic heterocycles. The number of amides is 2. The lowest BCUT2D eigenvalue weighted by Gasteiger charge is -2.22. The zero-order chi connectivity index (χ0) is 19.2. The van der Waals surface area contributed by atoms with Gasteiger partial charge >= 0.3 is 0 Å². The maximum absolute atomic E-state index is 13.1. The van der Waals surface area contributed by atoms with Crippen LogP contribution in [0.4, 0.5) is 11.4 Å². The molecule has 136 valence electrons. The van der Waals surface area contributed by atoms with Gasteiger partial charge in [-0.25, -0.2) is 0 Å². The predicted molar refractivity (Wildman–Crippen MR) is 109 cm³/mol. The molecule has 0 spiro atoms. The summed E-state index contributed by atoms with van der Waals surface area (Å²) in [4.78, 5) is 27.5. The molecule has 0 atom stereocenters. The van der Waals surface area contributed by atoms with Crippen LogP contribution >= 0.6 is 0 Å². The van der Waals surface area contributed by atoms with Gasteiger partial charge in [0, 0.05) is 17.8 Å². The quantitative estimate of drug-likeness (QED) is 0.704. The SMILES string of the molecule is CCN(C(=O)c1ccccc1NC(=O)c1cccc(C)c1)c1ccccc1. The molecule has 4 nitrogen and oxygen atoms in total. The van der Waals surface area contributed by atoms with Gasteiger partial charge in [0.25, 0.3) is 11.8 Å². The minimum atomic E-state index is -0.235. The average molecular weight is 358 g/mol. The summed E-state index contributed by atoms with van der Waals surface area (Å²) in [6.07, 6.45) is 0. The molecule has 0 fully saturated rings. The Balaban J connectivity index is 1.89. The standard InChI is InChI=1S/C23H22N2O2/c1-3-25(19-12-5-4-6-13-19)23(27)20-14-7-8-15-21(20)24-22(26)18-11-9-10-17(2)16-18/h4-16H,3H2,1-2H3,(H,24,26). The number of nitrogens with zero attached hydrogens (tertiary/aromatic N) is 1. The van der Waals surface area contributed by atoms with Gasteiger partial charge in [0.2, 0.25) is 0 Å². The molecule has 0 bridgehead atoms. The Bertz CT molecular complexity index is 951. The third-order valence-corrected chi connectivity index (χ3v) is 4.32. The molecule has 3 rings (SSSR count). The number of benzene rings is 3. The van der Waals surface area contributed by atoms with E-state index in [9.17, 15) is 9.59 Å². The van der Waals surface area contributed by atoms with Gasteiger partial charge in [-0.3, -0.25) is 9.59 Å². The molecule has 3 aromatic rings. The molecule has 0 saturated heterocycles. The van der Waals surface area contributed by atoms with E-state index in [1.807, 2.05) is 62.4 Å². The number of hydrogen-bond donors (Lipinski definition) is 1. The molecule has 0 aliphatic heterocycles. The highest BCUT2D eigenvalue weighted by Gasteiger charge is 2.20. The summed E-state index contributed by atoms with van der Waals surface area (Å²) in [6.45, 7) is 4.40. The molecule has 0 unspecified atom stereocenters. The first kappa shape index (κ1) is 18.4. The van der Waals surface area contributed by atoms with Crippen molar-refractivity contribution in [3.63, 3.8) is 0 Å². The molecular weight excluding hydrogens is 336 g/mol. The fourth-order valence-electron chi connectivity index (χ4n) is 2.96. The van der Waals surface area contributed by atoms with Gasteiger partial charge in [-0.1, -0.05) is 48.0 Å². The number of carbonyl (C=O) groups excluding carboxylic acids is 2. The van der Waals surface area contributed by atoms with E-state index in [0.29, 0.717) is 23.4 Å². The Morgan fingerprint density at radius 1 is 0.889 bits per heavy atom. The highest BCUT2D eigenvalue weighted by molar-refractivity contribution is 6.13. The van der Waals surface area contributed by atoms with Crippen molar-refractivity contribution in [1.29, 1.82) is 0 Å². The number of nitrogens with one attached hydrogen (secondary N) is 1. The Hall–Kier alpha value is -3.40. The summed E-state index contributed by atoms with van der Waals surface area (Å²) < 4.78 is 0. The van der Waals surface area contributed by atoms with Crippen LogP contribution in [-0.4, -0.2) is 18.4 Å². The molecule has 0 aliphatic rings. The van der Waals surface area contributed by atoms with Crippen LogP contribution in [0.3, 0.4) is 0 Å². The van der Waals surface area contributed by atoms with Crippen LogP contribution in [0, 0.1) is 6.92 Å². The van der Waals surface area contributed by atoms with Crippen molar-refractivity contribution in [3.8, 4) is 0 Å². The highest BCUT2D eigenvalue weighted by Crippen LogP contribution is 2.22. The second-order valence-corrected chi connectivity index (χ2v) is 6.25. The smallest absolute Gasteiger partial charge is 0.260 e. The summed E-state index contributed by atoms with van der Waals surface area (Å²) in [5, 5.41) is 2.88. The van der Waals surface area contributed by atoms with Crippen LogP contribution in [0.2, 0.25) is 0 Å². The number of para-hydroxylation sites is 2. The third-order valence-electron chi connectivity index (χ3n) is 4.32. The van der Waals surface area contributed by atoms with Crippen molar-refractivity contribution in [2.45, 2.75) is 13.8 Å². The van der Waals surface area contributed by atoms with Gasteiger partial charge in [-0.2, -0.15) is 0 Å². The normalized spacial score (nSPS) is 10.3. The summed E-state index contributed by atoms with van der Waals surface area (Å²) >= 11 is 0. The van der Waals surface area contributed by atoms with Crippen LogP contribution in [0.15, 0.2) is 78.9 Å². The summed E-state index contributed by atoms with van der Waals surface area (Å²) in [5.74, 6) is -0.384. The Kier molecular flexibility index (Phi) is 5.67. The van der Waals surface area contributed by atoms with Crippen LogP contribution < -0.4 is 10.2 Å². The molecule has 0 aliphatic carbocycles. The minimum absolute atomic E-state index is 0.149. The first-order valence-electron chi connectivity index (χ1n) is 8.94. The monoisotopic (exact) mass is 358 g/mol. The first-order valence-corrected chi connectivity index (χ1v) is 8.94. The Morgan fingerprint density at radius 3 is 2.30 bits per heavy atom. The topological polar surface area (TPSA) is 49.4 Å². The zero-order valence-electron chi connectivity index (χ0n) is 15.5. The fraction of sp³-hybridized carbons (Fsp3) is 0.130. The molecule has 2 amide bonds. The van der Waals surface area contributed by atoms with Gasteiger partial charge < -0.3 is 10.2 Å². The van der Waals surface area contributed by atoms with E-state index in [2.05, 4.69) is 5.32 Å². The van der Waals surface area contributed by atoms with Crippen molar-refractivity contribution < 1.29 is 9.59 Å². The molecule has 0 radical (unpaired) electrons. The van der Waals surface area contributed by atoms with E-state index in [-0.39, 0.29) is 11.8 Å². The highest BCUT2D eigenvalue weighted by atomic mass is 16.2. The molecule has 3 aromatic carbocycles. The molecule has 4 heteroatoms. The van der Waals surface area contributed by atoms with Crippen molar-refractivity contribution in [2.24, 2.45) is 0 Å². The number of aryl methyl sites for hydroxylation is 1. The maximum atomic E-state index is 13.1. The number of rotatable bonds is 5. The average Bonchev–Trinajstić information content (AvgIpc) is 2.69. The van der Waals surface area contributed by atoms with E-state index in [0.717, 1.165) is 11.3 Å². The van der Waals surface area contributed by atoms with E-state index in [4.69, 9.17) is 0 Å². The lowest BCUT2D eigenvalue weighted by molar-refractivity contribution is 0.0989. The Morgan fingerprint density at radius 2 is 1.59 bits per heavy atom. The summed E-state index contributed by atoms with van der Waals surface area (Å²) in [7, 11) is 0. The Labute approximate surface area is 159 Å². The van der Waals surface area contributed by atoms with E-state index in [1.165, 1.54) is 0 Å². The largest absolute Gasteiger partial charge is 0.321 e. The molecule has 27 heavy (non-hydrogen) atoms. The van der Waals surface area contributed by atoms with Gasteiger partial charge in [0.05, 0.1) is 11.3 Å². The van der Waals surface area contributed by atoms with Gasteiger partial charge in [0.1, 0.15) is 0 Å². The third kappa shape index (κ3) is 4.23. The first-order chi connectivity index (χ1) is 13.1. The van der Waals surface area contributed by atoms with Crippen LogP contribution in [-0.2, 0) is 0 Å². The zero-order valence-corrected chi connectivity index (χ0v) is 15.5. The molecule has 1 N–H and O–H groups in total. The number of anilines is 2. The lowest BCUT2D eigenvalue weighted by atomic mass is 10.1. The molecule has 0 heterocycles. The van der Waals surface area contributed by atoms with Gasteiger partial charge in [-0.05, 0) is 50.2 Å².